The van der Waals surface area contributed by atoms with Gasteiger partial charge in [0.05, 0.1) is 18.2 Å². The number of nitrogens with one attached hydrogen (secondary N) is 3. The molecule has 3 aliphatic rings. The van der Waals surface area contributed by atoms with Gasteiger partial charge >= 0.3 is 53.4 Å². The van der Waals surface area contributed by atoms with Crippen LogP contribution < -0.4 is 50.7 Å². The van der Waals surface area contributed by atoms with Crippen molar-refractivity contribution in [1.29, 1.82) is 0 Å². The molecule has 0 spiro atoms. The van der Waals surface area contributed by atoms with E-state index in [1.54, 1.807) is 18.2 Å². The number of fused-ring (bicyclic) bond motifs is 1. The van der Waals surface area contributed by atoms with Crippen molar-refractivity contribution in [1.82, 2.24) is 30.3 Å². The largest absolute Gasteiger partial charge is 1.00 e. The smallest absolute Gasteiger partial charge is 0.543 e. The molecule has 48 heavy (non-hydrogen) atoms. The van der Waals surface area contributed by atoms with Crippen LogP contribution in [0.4, 0.5) is 4.79 Å². The average Bonchev–Trinajstić information content (AvgIpc) is 3.04. The number of esters is 1. The molecule has 0 aliphatic carbocycles. The second-order valence-corrected chi connectivity index (χ2v) is 11.7. The number of aromatic amines is 1. The number of aromatic hydroxyl groups is 1. The second kappa shape index (κ2) is 15.1. The molecule has 2 aromatic rings. The molecule has 19 heteroatoms. The molecule has 246 valence electrons. The second-order valence-electron chi connectivity index (χ2n) is 10.6. The Morgan fingerprint density at radius 1 is 1.10 bits per heavy atom. The van der Waals surface area contributed by atoms with Crippen LogP contribution in [-0.2, 0) is 40.0 Å². The van der Waals surface area contributed by atoms with Gasteiger partial charge < -0.3 is 40.3 Å². The number of nitrogens with zero attached hydrogens (tertiary/aromatic N) is 3. The molecule has 4 heterocycles. The van der Waals surface area contributed by atoms with E-state index in [4.69, 9.17) is 4.74 Å². The number of benzene rings is 1. The van der Waals surface area contributed by atoms with Crippen molar-refractivity contribution in [3.63, 3.8) is 0 Å². The van der Waals surface area contributed by atoms with E-state index in [9.17, 15) is 48.6 Å². The van der Waals surface area contributed by atoms with E-state index in [2.05, 4.69) is 15.6 Å². The number of ether oxygens (including phenoxy) is 1. The van der Waals surface area contributed by atoms with Crippen LogP contribution in [0, 0.1) is 0 Å². The van der Waals surface area contributed by atoms with Gasteiger partial charge in [0.1, 0.15) is 24.1 Å². The van der Waals surface area contributed by atoms with Gasteiger partial charge in [0.25, 0.3) is 5.91 Å². The maximum absolute atomic E-state index is 13.6. The Labute approximate surface area is 297 Å². The number of amides is 6. The van der Waals surface area contributed by atoms with Crippen molar-refractivity contribution in [2.75, 3.05) is 25.4 Å². The van der Waals surface area contributed by atoms with Crippen LogP contribution in [0.1, 0.15) is 24.2 Å². The van der Waals surface area contributed by atoms with Crippen molar-refractivity contribution in [2.24, 2.45) is 0 Å². The van der Waals surface area contributed by atoms with E-state index < -0.39 is 75.9 Å². The number of pyridine rings is 1. The topological polar surface area (TPSA) is 239 Å². The van der Waals surface area contributed by atoms with Crippen LogP contribution in [-0.4, -0.2) is 103 Å². The van der Waals surface area contributed by atoms with Crippen LogP contribution in [0.15, 0.2) is 58.7 Å². The zero-order valence-electron chi connectivity index (χ0n) is 25.6. The number of imide groups is 1. The molecule has 1 aromatic carbocycles. The molecule has 3 aliphatic heterocycles. The van der Waals surface area contributed by atoms with Crippen molar-refractivity contribution >= 4 is 53.4 Å². The van der Waals surface area contributed by atoms with Crippen LogP contribution in [0.5, 0.6) is 5.75 Å². The molecule has 5 rings (SSSR count). The number of carboxylic acids is 1. The van der Waals surface area contributed by atoms with Crippen LogP contribution in [0.25, 0.3) is 0 Å². The minimum Gasteiger partial charge on any atom is -0.543 e. The molecule has 0 saturated carbocycles. The summed E-state index contributed by atoms with van der Waals surface area (Å²) in [5.41, 5.74) is -0.442. The number of piperazine rings is 1. The van der Waals surface area contributed by atoms with Gasteiger partial charge in [-0.25, -0.2) is 4.79 Å². The standard InChI is InChI=1S/C29H28N6O11S.Na/c1-14(36)46-12-16-13-47-27-21(24(40)35(27)22(16)28(43)44)31-23(39)20(15-5-3-2-4-6-15)32-29(45)34-8-7-33(25(41)26(34)42)11-17-9-18(37)19(38)10-30-17;/h2-6,9-10,20-21,27,38H,7-8,11-13H2,1H3,(H,30,37)(H,31,39)(H,32,45)(H,43,44);/q;+1/p-1/t20?,21-,27+;/m1./s1. The third kappa shape index (κ3) is 7.40. The number of aromatic nitrogens is 1. The Morgan fingerprint density at radius 2 is 1.81 bits per heavy atom. The van der Waals surface area contributed by atoms with Crippen molar-refractivity contribution in [2.45, 2.75) is 30.9 Å². The number of carbonyl (C=O) groups is 7. The van der Waals surface area contributed by atoms with Gasteiger partial charge in [0.15, 0.2) is 5.75 Å². The molecule has 3 atom stereocenters. The van der Waals surface area contributed by atoms with Gasteiger partial charge in [-0.3, -0.25) is 38.6 Å². The number of rotatable bonds is 9. The number of carboxylic acid groups (broad SMARTS) is 1. The van der Waals surface area contributed by atoms with Gasteiger partial charge in [-0.15, -0.1) is 11.8 Å². The molecule has 2 saturated heterocycles. The number of urea groups is 1. The first-order valence-corrected chi connectivity index (χ1v) is 15.1. The van der Waals surface area contributed by atoms with Gasteiger partial charge in [-0.1, -0.05) is 30.3 Å². The molecular formula is C29H27N6NaO11S. The van der Waals surface area contributed by atoms with Crippen molar-refractivity contribution < 1.29 is 78.1 Å². The average molecular weight is 691 g/mol. The molecule has 17 nitrogen and oxygen atoms in total. The summed E-state index contributed by atoms with van der Waals surface area (Å²) in [6.45, 7) is 0.286. The number of hydrogen-bond acceptors (Lipinski definition) is 12. The molecule has 1 aromatic heterocycles. The predicted octanol–water partition coefficient (Wildman–Crippen LogP) is -5.33. The first kappa shape index (κ1) is 36.2. The molecule has 4 N–H and O–H groups in total. The number of aliphatic carboxylic acids is 1. The minimum absolute atomic E-state index is 0. The monoisotopic (exact) mass is 690 g/mol. The summed E-state index contributed by atoms with van der Waals surface area (Å²) in [6, 6.07) is 5.30. The molecular weight excluding hydrogens is 663 g/mol. The zero-order chi connectivity index (χ0) is 34.0. The van der Waals surface area contributed by atoms with Gasteiger partial charge in [0.2, 0.25) is 11.3 Å². The first-order valence-electron chi connectivity index (χ1n) is 14.1. The van der Waals surface area contributed by atoms with Gasteiger partial charge in [-0.2, -0.15) is 0 Å². The zero-order valence-corrected chi connectivity index (χ0v) is 28.4. The summed E-state index contributed by atoms with van der Waals surface area (Å²) < 4.78 is 4.90. The Bertz CT molecular complexity index is 1770. The predicted molar refractivity (Wildman–Crippen MR) is 157 cm³/mol. The van der Waals surface area contributed by atoms with Crippen molar-refractivity contribution in [3.05, 3.63) is 75.3 Å². The van der Waals surface area contributed by atoms with Gasteiger partial charge in [-0.05, 0) is 5.56 Å². The van der Waals surface area contributed by atoms with Crippen molar-refractivity contribution in [3.8, 4) is 5.75 Å². The van der Waals surface area contributed by atoms with Gasteiger partial charge in [0, 0.05) is 49.3 Å². The molecule has 0 radical (unpaired) electrons. The molecule has 6 amide bonds. The molecule has 0 bridgehead atoms. The van der Waals surface area contributed by atoms with Crippen LogP contribution >= 0.6 is 11.8 Å². The quantitative estimate of drug-likeness (QED) is 0.0836. The normalized spacial score (nSPS) is 19.4. The summed E-state index contributed by atoms with van der Waals surface area (Å²) in [7, 11) is 0. The Morgan fingerprint density at radius 3 is 2.46 bits per heavy atom. The fourth-order valence-electron chi connectivity index (χ4n) is 5.18. The van der Waals surface area contributed by atoms with E-state index >= 15 is 0 Å². The van der Waals surface area contributed by atoms with E-state index in [1.165, 1.54) is 12.1 Å². The molecule has 1 unspecified atom stereocenters. The Hall–Kier alpha value is -4.65. The molecule has 2 fully saturated rings. The maximum Gasteiger partial charge on any atom is 1.00 e. The Kier molecular flexibility index (Phi) is 11.4. The minimum atomic E-state index is -1.65. The third-order valence-corrected chi connectivity index (χ3v) is 8.86. The van der Waals surface area contributed by atoms with Crippen LogP contribution in [0.2, 0.25) is 0 Å². The number of H-pyrrole nitrogens is 1. The third-order valence-electron chi connectivity index (χ3n) is 7.52. The number of β-lactam (4-membered cyclic amide) rings is 1. The first-order chi connectivity index (χ1) is 22.4. The van der Waals surface area contributed by atoms with E-state index in [1.807, 2.05) is 0 Å². The van der Waals surface area contributed by atoms with E-state index in [-0.39, 0.29) is 78.4 Å². The number of carbonyl (C=O) groups excluding carboxylic acids is 7. The fourth-order valence-corrected chi connectivity index (χ4v) is 6.50. The fraction of sp³-hybridized carbons (Fsp3) is 0.310. The van der Waals surface area contributed by atoms with E-state index in [0.717, 1.165) is 40.7 Å². The summed E-state index contributed by atoms with van der Waals surface area (Å²) in [4.78, 5) is 106. The SMILES string of the molecule is CC(=O)OCC1=C(C(=O)[O-])N2C(=O)[C@@H](NC(=O)C(NC(=O)N3CCN(Cc4cc(=O)c(O)c[nH]4)C(=O)C3=O)c3ccccc3)[C@@H]2SC1.[Na+]. The van der Waals surface area contributed by atoms with E-state index in [0.29, 0.717) is 4.90 Å². The van der Waals surface area contributed by atoms with Crippen LogP contribution in [0.3, 0.4) is 0 Å². The number of thioether (sulfide) groups is 1. The summed E-state index contributed by atoms with van der Waals surface area (Å²) in [6.07, 6.45) is 1.05. The Balaban J connectivity index is 0.00000520. The summed E-state index contributed by atoms with van der Waals surface area (Å²) in [5, 5.41) is 25.5. The maximum atomic E-state index is 13.6. The number of hydrogen-bond donors (Lipinski definition) is 4. The summed E-state index contributed by atoms with van der Waals surface area (Å²) in [5.74, 6) is -6.58. The summed E-state index contributed by atoms with van der Waals surface area (Å²) >= 11 is 1.13.